The molecule has 0 saturated heterocycles. The molecule has 0 atom stereocenters. The minimum absolute atomic E-state index is 0.00359. The molecule has 1 saturated carbocycles. The number of nitrogens with zero attached hydrogens (tertiary/aromatic N) is 1. The molecule has 0 bridgehead atoms. The Bertz CT molecular complexity index is 473. The first-order chi connectivity index (χ1) is 9.61. The first kappa shape index (κ1) is 15.6. The van der Waals surface area contributed by atoms with E-state index in [0.717, 1.165) is 31.2 Å². The maximum atomic E-state index is 12.4. The molecule has 1 aromatic carbocycles. The van der Waals surface area contributed by atoms with Crippen LogP contribution in [0.2, 0.25) is 10.0 Å². The highest BCUT2D eigenvalue weighted by atomic mass is 35.5. The number of halogens is 2. The third kappa shape index (κ3) is 3.87. The van der Waals surface area contributed by atoms with Gasteiger partial charge in [0.15, 0.2) is 0 Å². The number of carbonyl (C=O) groups excluding carboxylic acids is 1. The van der Waals surface area contributed by atoms with Crippen molar-refractivity contribution in [2.75, 3.05) is 13.2 Å². The molecule has 1 fully saturated rings. The summed E-state index contributed by atoms with van der Waals surface area (Å²) in [5.41, 5.74) is 0.852. The fourth-order valence-corrected chi connectivity index (χ4v) is 3.08. The van der Waals surface area contributed by atoms with E-state index in [1.807, 2.05) is 11.0 Å². The van der Waals surface area contributed by atoms with Gasteiger partial charge in [-0.25, -0.2) is 0 Å². The Morgan fingerprint density at radius 1 is 1.25 bits per heavy atom. The lowest BCUT2D eigenvalue weighted by Crippen LogP contribution is -2.41. The third-order valence-corrected chi connectivity index (χ3v) is 4.51. The molecule has 1 aliphatic carbocycles. The molecule has 0 aliphatic heterocycles. The lowest BCUT2D eigenvalue weighted by molar-refractivity contribution is -0.133. The van der Waals surface area contributed by atoms with Gasteiger partial charge in [-0.2, -0.15) is 0 Å². The van der Waals surface area contributed by atoms with Gasteiger partial charge < -0.3 is 10.0 Å². The largest absolute Gasteiger partial charge is 0.395 e. The zero-order valence-electron chi connectivity index (χ0n) is 11.3. The van der Waals surface area contributed by atoms with Crippen molar-refractivity contribution in [2.24, 2.45) is 0 Å². The lowest BCUT2D eigenvalue weighted by Gasteiger charge is -2.28. The molecular formula is C15H19Cl2NO2. The highest BCUT2D eigenvalue weighted by Crippen LogP contribution is 2.25. The van der Waals surface area contributed by atoms with E-state index in [0.29, 0.717) is 23.0 Å². The number of aliphatic hydroxyl groups is 1. The third-order valence-electron chi connectivity index (χ3n) is 3.77. The number of hydrogen-bond donors (Lipinski definition) is 1. The maximum Gasteiger partial charge on any atom is 0.227 e. The molecule has 0 spiro atoms. The average Bonchev–Trinajstić information content (AvgIpc) is 2.94. The van der Waals surface area contributed by atoms with E-state index in [4.69, 9.17) is 28.3 Å². The normalized spacial score (nSPS) is 15.6. The number of carbonyl (C=O) groups is 1. The fraction of sp³-hybridized carbons (Fsp3) is 0.533. The molecule has 2 rings (SSSR count). The van der Waals surface area contributed by atoms with Crippen LogP contribution in [0.3, 0.4) is 0 Å². The predicted molar refractivity (Wildman–Crippen MR) is 81.2 cm³/mol. The molecule has 0 heterocycles. The number of aliphatic hydroxyl groups excluding tert-OH is 1. The van der Waals surface area contributed by atoms with Crippen molar-refractivity contribution >= 4 is 29.1 Å². The van der Waals surface area contributed by atoms with Crippen LogP contribution >= 0.6 is 23.2 Å². The second-order valence-corrected chi connectivity index (χ2v) is 5.99. The van der Waals surface area contributed by atoms with Crippen molar-refractivity contribution in [1.29, 1.82) is 0 Å². The van der Waals surface area contributed by atoms with E-state index in [9.17, 15) is 4.79 Å². The summed E-state index contributed by atoms with van der Waals surface area (Å²) in [6.45, 7) is 0.411. The van der Waals surface area contributed by atoms with Crippen LogP contribution in [0.4, 0.5) is 0 Å². The molecule has 110 valence electrons. The molecule has 0 aromatic heterocycles. The predicted octanol–water partition coefficient (Wildman–Crippen LogP) is 3.30. The van der Waals surface area contributed by atoms with Gasteiger partial charge in [-0.05, 0) is 30.5 Å². The van der Waals surface area contributed by atoms with Crippen molar-refractivity contribution in [2.45, 2.75) is 38.1 Å². The van der Waals surface area contributed by atoms with Gasteiger partial charge in [0.25, 0.3) is 0 Å². The van der Waals surface area contributed by atoms with Crippen LogP contribution in [0, 0.1) is 0 Å². The van der Waals surface area contributed by atoms with Crippen LogP contribution in [0.25, 0.3) is 0 Å². The Morgan fingerprint density at radius 3 is 2.55 bits per heavy atom. The molecule has 1 N–H and O–H groups in total. The first-order valence-electron chi connectivity index (χ1n) is 6.96. The summed E-state index contributed by atoms with van der Waals surface area (Å²) in [6.07, 6.45) is 4.69. The van der Waals surface area contributed by atoms with Crippen LogP contribution < -0.4 is 0 Å². The van der Waals surface area contributed by atoms with Crippen LogP contribution in [-0.2, 0) is 11.2 Å². The number of hydrogen-bond acceptors (Lipinski definition) is 2. The molecule has 0 unspecified atom stereocenters. The summed E-state index contributed by atoms with van der Waals surface area (Å²) in [6, 6.07) is 5.53. The van der Waals surface area contributed by atoms with E-state index in [1.54, 1.807) is 12.1 Å². The molecule has 1 aromatic rings. The van der Waals surface area contributed by atoms with Crippen LogP contribution in [0.15, 0.2) is 18.2 Å². The van der Waals surface area contributed by atoms with E-state index in [1.165, 1.54) is 0 Å². The Labute approximate surface area is 129 Å². The highest BCUT2D eigenvalue weighted by Gasteiger charge is 2.26. The Morgan fingerprint density at radius 2 is 1.95 bits per heavy atom. The molecule has 5 heteroatoms. The smallest absolute Gasteiger partial charge is 0.227 e. The lowest BCUT2D eigenvalue weighted by atomic mass is 10.1. The second-order valence-electron chi connectivity index (χ2n) is 5.17. The SMILES string of the molecule is O=C(Cc1ccc(Cl)c(Cl)c1)N(CCO)C1CCCC1. The minimum Gasteiger partial charge on any atom is -0.395 e. The molecular weight excluding hydrogens is 297 g/mol. The Balaban J connectivity index is 2.05. The van der Waals surface area contributed by atoms with Gasteiger partial charge >= 0.3 is 0 Å². The summed E-state index contributed by atoms with van der Waals surface area (Å²) in [5.74, 6) is 0.0457. The number of amides is 1. The highest BCUT2D eigenvalue weighted by molar-refractivity contribution is 6.42. The summed E-state index contributed by atoms with van der Waals surface area (Å²) in [4.78, 5) is 14.2. The summed E-state index contributed by atoms with van der Waals surface area (Å²) >= 11 is 11.8. The zero-order chi connectivity index (χ0) is 14.5. The van der Waals surface area contributed by atoms with E-state index in [-0.39, 0.29) is 18.6 Å². The average molecular weight is 316 g/mol. The molecule has 1 amide bonds. The summed E-state index contributed by atoms with van der Waals surface area (Å²) < 4.78 is 0. The summed E-state index contributed by atoms with van der Waals surface area (Å²) in [5, 5.41) is 10.1. The van der Waals surface area contributed by atoms with E-state index < -0.39 is 0 Å². The molecule has 20 heavy (non-hydrogen) atoms. The standard InChI is InChI=1S/C15H19Cl2NO2/c16-13-6-5-11(9-14(13)17)10-15(20)18(7-8-19)12-3-1-2-4-12/h5-6,9,12,19H,1-4,7-8,10H2. The fourth-order valence-electron chi connectivity index (χ4n) is 2.76. The van der Waals surface area contributed by atoms with E-state index in [2.05, 4.69) is 0 Å². The minimum atomic E-state index is 0.00359. The van der Waals surface area contributed by atoms with Crippen molar-refractivity contribution < 1.29 is 9.90 Å². The van der Waals surface area contributed by atoms with Crippen molar-refractivity contribution in [3.8, 4) is 0 Å². The molecule has 1 aliphatic rings. The first-order valence-corrected chi connectivity index (χ1v) is 7.71. The van der Waals surface area contributed by atoms with Gasteiger partial charge in [-0.1, -0.05) is 42.1 Å². The van der Waals surface area contributed by atoms with Gasteiger partial charge in [-0.15, -0.1) is 0 Å². The topological polar surface area (TPSA) is 40.5 Å². The number of rotatable bonds is 5. The maximum absolute atomic E-state index is 12.4. The van der Waals surface area contributed by atoms with E-state index >= 15 is 0 Å². The van der Waals surface area contributed by atoms with Crippen LogP contribution in [0.1, 0.15) is 31.2 Å². The van der Waals surface area contributed by atoms with Crippen LogP contribution in [0.5, 0.6) is 0 Å². The quantitative estimate of drug-likeness (QED) is 0.905. The summed E-state index contributed by atoms with van der Waals surface area (Å²) in [7, 11) is 0. The van der Waals surface area contributed by atoms with Gasteiger partial charge in [0.05, 0.1) is 23.1 Å². The number of benzene rings is 1. The Kier molecular flexibility index (Phi) is 5.70. The molecule has 3 nitrogen and oxygen atoms in total. The zero-order valence-corrected chi connectivity index (χ0v) is 12.8. The molecule has 0 radical (unpaired) electrons. The van der Waals surface area contributed by atoms with Gasteiger partial charge in [0.2, 0.25) is 5.91 Å². The Hall–Kier alpha value is -0.770. The van der Waals surface area contributed by atoms with Crippen LogP contribution in [-0.4, -0.2) is 35.1 Å². The van der Waals surface area contributed by atoms with Gasteiger partial charge in [0.1, 0.15) is 0 Å². The second kappa shape index (κ2) is 7.30. The van der Waals surface area contributed by atoms with Crippen molar-refractivity contribution in [1.82, 2.24) is 4.90 Å². The van der Waals surface area contributed by atoms with Crippen molar-refractivity contribution in [3.63, 3.8) is 0 Å². The monoisotopic (exact) mass is 315 g/mol. The van der Waals surface area contributed by atoms with Crippen molar-refractivity contribution in [3.05, 3.63) is 33.8 Å². The van der Waals surface area contributed by atoms with Gasteiger partial charge in [0, 0.05) is 12.6 Å². The van der Waals surface area contributed by atoms with Gasteiger partial charge in [-0.3, -0.25) is 4.79 Å².